The number of carbonyl (C=O) groups excluding carboxylic acids is 3. The highest BCUT2D eigenvalue weighted by atomic mass is 35.5. The van der Waals surface area contributed by atoms with Crippen LogP contribution in [0.25, 0.3) is 11.4 Å². The molecule has 0 spiro atoms. The molecule has 28 heavy (non-hydrogen) atoms. The van der Waals surface area contributed by atoms with Crippen LogP contribution in [0.4, 0.5) is 0 Å². The number of nitrogens with zero attached hydrogens (tertiary/aromatic N) is 3. The fourth-order valence-electron chi connectivity index (χ4n) is 3.37. The van der Waals surface area contributed by atoms with Crippen molar-refractivity contribution < 1.29 is 23.6 Å². The van der Waals surface area contributed by atoms with Gasteiger partial charge in [-0.25, -0.2) is 0 Å². The van der Waals surface area contributed by atoms with Gasteiger partial charge < -0.3 is 9.26 Å². The molecule has 0 saturated carbocycles. The fraction of sp³-hybridized carbons (Fsp3) is 0.316. The zero-order valence-electron chi connectivity index (χ0n) is 14.7. The highest BCUT2D eigenvalue weighted by molar-refractivity contribution is 6.30. The first-order chi connectivity index (χ1) is 13.5. The number of benzene rings is 1. The first kappa shape index (κ1) is 18.4. The zero-order valence-corrected chi connectivity index (χ0v) is 15.5. The lowest BCUT2D eigenvalue weighted by atomic mass is 9.85. The van der Waals surface area contributed by atoms with Gasteiger partial charge in [-0.3, -0.25) is 19.3 Å². The third-order valence-electron chi connectivity index (χ3n) is 4.81. The first-order valence-corrected chi connectivity index (χ1v) is 9.15. The molecule has 2 heterocycles. The molecule has 8 nitrogen and oxygen atoms in total. The van der Waals surface area contributed by atoms with E-state index < -0.39 is 12.5 Å². The third-order valence-corrected chi connectivity index (χ3v) is 5.07. The summed E-state index contributed by atoms with van der Waals surface area (Å²) < 4.78 is 10.2. The Morgan fingerprint density at radius 1 is 1.14 bits per heavy atom. The summed E-state index contributed by atoms with van der Waals surface area (Å²) in [5.74, 6) is -1.65. The van der Waals surface area contributed by atoms with E-state index in [2.05, 4.69) is 10.1 Å². The molecule has 1 saturated heterocycles. The van der Waals surface area contributed by atoms with Gasteiger partial charge in [-0.1, -0.05) is 28.9 Å². The summed E-state index contributed by atoms with van der Waals surface area (Å²) in [4.78, 5) is 41.9. The number of imide groups is 1. The molecular formula is C19H16ClN3O5. The maximum Gasteiger partial charge on any atom is 0.326 e. The number of ether oxygens (including phenoxy) is 1. The summed E-state index contributed by atoms with van der Waals surface area (Å²) >= 11 is 5.84. The van der Waals surface area contributed by atoms with E-state index >= 15 is 0 Å². The van der Waals surface area contributed by atoms with Crippen molar-refractivity contribution in [3.63, 3.8) is 0 Å². The van der Waals surface area contributed by atoms with Crippen molar-refractivity contribution in [3.05, 3.63) is 47.3 Å². The minimum Gasteiger partial charge on any atom is -0.454 e. The number of halogens is 1. The van der Waals surface area contributed by atoms with Crippen molar-refractivity contribution in [1.82, 2.24) is 15.0 Å². The fourth-order valence-corrected chi connectivity index (χ4v) is 3.50. The quantitative estimate of drug-likeness (QED) is 0.430. The molecule has 4 rings (SSSR count). The minimum atomic E-state index is -0.709. The molecule has 2 aromatic rings. The number of aromatic nitrogens is 2. The van der Waals surface area contributed by atoms with Crippen molar-refractivity contribution >= 4 is 29.4 Å². The van der Waals surface area contributed by atoms with Crippen LogP contribution in [0.1, 0.15) is 18.7 Å². The van der Waals surface area contributed by atoms with Crippen LogP contribution < -0.4 is 0 Å². The topological polar surface area (TPSA) is 103 Å². The molecular weight excluding hydrogens is 386 g/mol. The number of allylic oxidation sites excluding steroid dienone is 2. The standard InChI is InChI=1S/C19H16ClN3O5/c20-12-7-5-11(6-8-12)17-21-15(28-22-17)10-27-16(24)9-23-18(25)13-3-1-2-4-14(13)19(23)26/h1-2,5-8,13-14H,3-4,9-10H2/t13-,14-/m0/s1. The van der Waals surface area contributed by atoms with Crippen molar-refractivity contribution in [3.8, 4) is 11.4 Å². The maximum atomic E-state index is 12.4. The Hall–Kier alpha value is -3.00. The van der Waals surface area contributed by atoms with Crippen LogP contribution in [0.2, 0.25) is 5.02 Å². The Balaban J connectivity index is 1.33. The number of hydrogen-bond acceptors (Lipinski definition) is 7. The van der Waals surface area contributed by atoms with Crippen molar-refractivity contribution in [2.45, 2.75) is 19.4 Å². The van der Waals surface area contributed by atoms with Crippen LogP contribution in [0, 0.1) is 11.8 Å². The largest absolute Gasteiger partial charge is 0.454 e. The molecule has 1 aromatic carbocycles. The zero-order chi connectivity index (χ0) is 19.7. The Morgan fingerprint density at radius 2 is 1.79 bits per heavy atom. The number of amides is 2. The SMILES string of the molecule is O=C(CN1C(=O)[C@H]2CC=CC[C@@H]2C1=O)OCc1nc(-c2ccc(Cl)cc2)no1. The summed E-state index contributed by atoms with van der Waals surface area (Å²) in [7, 11) is 0. The highest BCUT2D eigenvalue weighted by Gasteiger charge is 2.47. The summed E-state index contributed by atoms with van der Waals surface area (Å²) in [5, 5.41) is 4.41. The molecule has 2 atom stereocenters. The van der Waals surface area contributed by atoms with Gasteiger partial charge in [-0.2, -0.15) is 4.98 Å². The smallest absolute Gasteiger partial charge is 0.326 e. The van der Waals surface area contributed by atoms with Crippen molar-refractivity contribution in [2.75, 3.05) is 6.54 Å². The molecule has 1 aromatic heterocycles. The van der Waals surface area contributed by atoms with Gasteiger partial charge in [0.05, 0.1) is 11.8 Å². The van der Waals surface area contributed by atoms with Crippen LogP contribution in [0.3, 0.4) is 0 Å². The molecule has 1 fully saturated rings. The van der Waals surface area contributed by atoms with Crippen molar-refractivity contribution in [2.24, 2.45) is 11.8 Å². The summed E-state index contributed by atoms with van der Waals surface area (Å²) in [5.41, 5.74) is 0.704. The van der Waals surface area contributed by atoms with Gasteiger partial charge in [0.1, 0.15) is 6.54 Å². The van der Waals surface area contributed by atoms with Gasteiger partial charge in [-0.05, 0) is 37.1 Å². The lowest BCUT2D eigenvalue weighted by molar-refractivity contribution is -0.154. The van der Waals surface area contributed by atoms with Crippen molar-refractivity contribution in [1.29, 1.82) is 0 Å². The van der Waals surface area contributed by atoms with E-state index in [0.29, 0.717) is 29.3 Å². The molecule has 2 amide bonds. The van der Waals surface area contributed by atoms with Crippen LogP contribution in [-0.4, -0.2) is 39.4 Å². The van der Waals surface area contributed by atoms with E-state index in [9.17, 15) is 14.4 Å². The number of esters is 1. The number of likely N-dealkylation sites (tertiary alicyclic amines) is 1. The molecule has 9 heteroatoms. The second kappa shape index (κ2) is 7.55. The normalized spacial score (nSPS) is 21.1. The Labute approximate surface area is 165 Å². The average molecular weight is 402 g/mol. The van der Waals surface area contributed by atoms with Crippen LogP contribution in [0.5, 0.6) is 0 Å². The van der Waals surface area contributed by atoms with E-state index in [1.54, 1.807) is 24.3 Å². The van der Waals surface area contributed by atoms with Crippen LogP contribution in [-0.2, 0) is 25.7 Å². The van der Waals surface area contributed by atoms with Crippen LogP contribution in [0.15, 0.2) is 40.9 Å². The Morgan fingerprint density at radius 3 is 2.43 bits per heavy atom. The second-order valence-corrected chi connectivity index (χ2v) is 7.03. The number of carbonyl (C=O) groups is 3. The lowest BCUT2D eigenvalue weighted by Gasteiger charge is -2.14. The predicted molar refractivity (Wildman–Crippen MR) is 96.6 cm³/mol. The molecule has 0 radical (unpaired) electrons. The van der Waals surface area contributed by atoms with Gasteiger partial charge in [0.2, 0.25) is 17.6 Å². The van der Waals surface area contributed by atoms with E-state index in [1.807, 2.05) is 12.2 Å². The summed E-state index contributed by atoms with van der Waals surface area (Å²) in [6.45, 7) is -0.660. The monoisotopic (exact) mass is 401 g/mol. The molecule has 0 N–H and O–H groups in total. The summed E-state index contributed by atoms with van der Waals surface area (Å²) in [6.07, 6.45) is 4.83. The highest BCUT2D eigenvalue weighted by Crippen LogP contribution is 2.34. The molecule has 1 aliphatic heterocycles. The average Bonchev–Trinajstić information content (AvgIpc) is 3.27. The molecule has 0 unspecified atom stereocenters. The van der Waals surface area contributed by atoms with E-state index in [4.69, 9.17) is 20.9 Å². The Bertz CT molecular complexity index is 927. The molecule has 2 aliphatic rings. The number of rotatable bonds is 5. The van der Waals surface area contributed by atoms with Crippen LogP contribution >= 0.6 is 11.6 Å². The van der Waals surface area contributed by atoms with Gasteiger partial charge in [0.25, 0.3) is 5.89 Å². The van der Waals surface area contributed by atoms with Gasteiger partial charge in [0, 0.05) is 10.6 Å². The number of fused-ring (bicyclic) bond motifs is 1. The first-order valence-electron chi connectivity index (χ1n) is 8.77. The lowest BCUT2D eigenvalue weighted by Crippen LogP contribution is -2.36. The second-order valence-electron chi connectivity index (χ2n) is 6.60. The number of hydrogen-bond donors (Lipinski definition) is 0. The van der Waals surface area contributed by atoms with Gasteiger partial charge in [-0.15, -0.1) is 0 Å². The molecule has 0 bridgehead atoms. The van der Waals surface area contributed by atoms with Gasteiger partial charge in [0.15, 0.2) is 6.61 Å². The van der Waals surface area contributed by atoms with E-state index in [-0.39, 0.29) is 36.1 Å². The molecule has 144 valence electrons. The molecule has 1 aliphatic carbocycles. The van der Waals surface area contributed by atoms with E-state index in [1.165, 1.54) is 0 Å². The summed E-state index contributed by atoms with van der Waals surface area (Å²) in [6, 6.07) is 6.87. The van der Waals surface area contributed by atoms with E-state index in [0.717, 1.165) is 4.90 Å². The third kappa shape index (κ3) is 3.55. The maximum absolute atomic E-state index is 12.4. The predicted octanol–water partition coefficient (Wildman–Crippen LogP) is 2.38. The minimum absolute atomic E-state index is 0.107. The van der Waals surface area contributed by atoms with Gasteiger partial charge >= 0.3 is 5.97 Å². The Kier molecular flexibility index (Phi) is 4.95.